The number of hydrogen-bond donors (Lipinski definition) is 3. The van der Waals surface area contributed by atoms with Gasteiger partial charge in [-0.25, -0.2) is 0 Å². The average Bonchev–Trinajstić information content (AvgIpc) is 3.41. The first-order chi connectivity index (χ1) is 17.2. The van der Waals surface area contributed by atoms with Crippen LogP contribution in [0.4, 0.5) is 5.69 Å². The lowest BCUT2D eigenvalue weighted by Crippen LogP contribution is -2.53. The summed E-state index contributed by atoms with van der Waals surface area (Å²) in [6.45, 7) is 0.101. The molecule has 0 radical (unpaired) electrons. The van der Waals surface area contributed by atoms with Gasteiger partial charge in [-0.2, -0.15) is 0 Å². The highest BCUT2D eigenvalue weighted by atomic mass is 35.5. The fraction of sp³-hybridized carbons (Fsp3) is 0.360. The Morgan fingerprint density at radius 1 is 1.08 bits per heavy atom. The van der Waals surface area contributed by atoms with Crippen LogP contribution in [0.2, 0.25) is 5.02 Å². The van der Waals surface area contributed by atoms with E-state index in [9.17, 15) is 19.2 Å². The van der Waals surface area contributed by atoms with Gasteiger partial charge >= 0.3 is 0 Å². The van der Waals surface area contributed by atoms with E-state index in [1.165, 1.54) is 19.1 Å². The Hall–Kier alpha value is -3.63. The minimum absolute atomic E-state index is 0.101. The van der Waals surface area contributed by atoms with Crippen LogP contribution in [0.1, 0.15) is 17.5 Å². The first-order valence-corrected chi connectivity index (χ1v) is 11.8. The molecule has 5 rings (SSSR count). The highest BCUT2D eigenvalue weighted by Crippen LogP contribution is 2.53. The number of nitrogens with two attached hydrogens (primary N) is 1. The monoisotopic (exact) mass is 512 g/mol. The zero-order valence-corrected chi connectivity index (χ0v) is 20.4. The number of hydrogen-bond acceptors (Lipinski definition) is 7. The first-order valence-electron chi connectivity index (χ1n) is 11.4. The third kappa shape index (κ3) is 3.51. The van der Waals surface area contributed by atoms with Gasteiger partial charge in [-0.15, -0.1) is 0 Å². The number of primary amides is 1. The van der Waals surface area contributed by atoms with Crippen molar-refractivity contribution in [3.8, 4) is 11.5 Å². The maximum atomic E-state index is 13.8. The summed E-state index contributed by atoms with van der Waals surface area (Å²) in [5.74, 6) is -2.90. The van der Waals surface area contributed by atoms with Crippen LogP contribution in [0.3, 0.4) is 0 Å². The number of fused-ring (bicyclic) bond motifs is 4. The van der Waals surface area contributed by atoms with E-state index in [-0.39, 0.29) is 13.0 Å². The van der Waals surface area contributed by atoms with Crippen LogP contribution in [0, 0.1) is 11.8 Å². The van der Waals surface area contributed by atoms with E-state index in [1.807, 2.05) is 6.07 Å². The third-order valence-corrected chi connectivity index (χ3v) is 7.50. The number of rotatable bonds is 7. The number of likely N-dealkylation sites (tertiary alicyclic amines) is 1. The third-order valence-electron chi connectivity index (χ3n) is 7.26. The molecule has 10 nitrogen and oxygen atoms in total. The molecule has 4 N–H and O–H groups in total. The van der Waals surface area contributed by atoms with E-state index in [0.717, 1.165) is 5.56 Å². The minimum atomic E-state index is -1.53. The van der Waals surface area contributed by atoms with Gasteiger partial charge in [-0.1, -0.05) is 17.7 Å². The van der Waals surface area contributed by atoms with Gasteiger partial charge in [0.1, 0.15) is 5.54 Å². The van der Waals surface area contributed by atoms with Crippen LogP contribution >= 0.6 is 11.6 Å². The molecule has 3 heterocycles. The summed E-state index contributed by atoms with van der Waals surface area (Å²) >= 11 is 6.23. The SMILES string of the molecule is COc1ccc(CCN2C(=O)[C@H]3[C@H](CC(N)=O)N[C@@]4(C(=O)Nc5ccc(Cl)cc54)[C@H]3C2=O)cc1OC. The van der Waals surface area contributed by atoms with Crippen molar-refractivity contribution in [2.45, 2.75) is 24.4 Å². The Labute approximate surface area is 212 Å². The molecule has 188 valence electrons. The molecule has 0 saturated carbocycles. The lowest BCUT2D eigenvalue weighted by Gasteiger charge is -2.29. The fourth-order valence-electron chi connectivity index (χ4n) is 5.72. The van der Waals surface area contributed by atoms with E-state index < -0.39 is 47.0 Å². The predicted molar refractivity (Wildman–Crippen MR) is 129 cm³/mol. The number of carbonyl (C=O) groups is 4. The lowest BCUT2D eigenvalue weighted by atomic mass is 9.76. The molecule has 2 saturated heterocycles. The number of ether oxygens (including phenoxy) is 2. The van der Waals surface area contributed by atoms with Crippen molar-refractivity contribution in [1.29, 1.82) is 0 Å². The van der Waals surface area contributed by atoms with Crippen LogP contribution < -0.4 is 25.8 Å². The van der Waals surface area contributed by atoms with Crippen LogP contribution in [0.5, 0.6) is 11.5 Å². The topological polar surface area (TPSA) is 140 Å². The Kier molecular flexibility index (Phi) is 5.88. The van der Waals surface area contributed by atoms with Gasteiger partial charge in [0.25, 0.3) is 0 Å². The highest BCUT2D eigenvalue weighted by molar-refractivity contribution is 6.31. The number of halogens is 1. The lowest BCUT2D eigenvalue weighted by molar-refractivity contribution is -0.142. The molecule has 36 heavy (non-hydrogen) atoms. The molecule has 2 aromatic rings. The Morgan fingerprint density at radius 3 is 2.53 bits per heavy atom. The highest BCUT2D eigenvalue weighted by Gasteiger charge is 2.70. The number of anilines is 1. The number of amides is 4. The second kappa shape index (κ2) is 8.79. The summed E-state index contributed by atoms with van der Waals surface area (Å²) in [5.41, 5.74) is 5.74. The standard InChI is InChI=1S/C25H25ClN4O6/c1-35-17-6-3-12(9-18(17)36-2)7-8-30-22(32)20-16(11-19(27)31)29-25(21(20)23(30)33)14-10-13(26)4-5-15(14)28-24(25)34/h3-6,9-10,16,20-21,29H,7-8,11H2,1-2H3,(H2,27,31)(H,28,34)/t16-,20-,21+,25+/m0/s1. The second-order valence-electron chi connectivity index (χ2n) is 9.14. The number of nitrogens with zero attached hydrogens (tertiary/aromatic N) is 1. The largest absolute Gasteiger partial charge is 0.493 e. The van der Waals surface area contributed by atoms with Crippen LogP contribution in [-0.2, 0) is 31.1 Å². The summed E-state index contributed by atoms with van der Waals surface area (Å²) in [6, 6.07) is 9.46. The number of carbonyl (C=O) groups excluding carboxylic acids is 4. The second-order valence-corrected chi connectivity index (χ2v) is 9.58. The number of methoxy groups -OCH3 is 2. The van der Waals surface area contributed by atoms with Crippen molar-refractivity contribution in [1.82, 2.24) is 10.2 Å². The summed E-state index contributed by atoms with van der Waals surface area (Å²) < 4.78 is 10.6. The van der Waals surface area contributed by atoms with Gasteiger partial charge < -0.3 is 20.5 Å². The van der Waals surface area contributed by atoms with Crippen molar-refractivity contribution < 1.29 is 28.7 Å². The predicted octanol–water partition coefficient (Wildman–Crippen LogP) is 1.20. The summed E-state index contributed by atoms with van der Waals surface area (Å²) in [7, 11) is 3.06. The fourth-order valence-corrected chi connectivity index (χ4v) is 5.89. The van der Waals surface area contributed by atoms with Crippen molar-refractivity contribution in [3.05, 3.63) is 52.5 Å². The summed E-state index contributed by atoms with van der Waals surface area (Å²) in [6.07, 6.45) is 0.168. The minimum Gasteiger partial charge on any atom is -0.493 e. The average molecular weight is 513 g/mol. The molecule has 3 aliphatic heterocycles. The molecule has 2 aromatic carbocycles. The van der Waals surface area contributed by atoms with E-state index in [1.54, 1.807) is 30.3 Å². The van der Waals surface area contributed by atoms with Crippen LogP contribution in [0.25, 0.3) is 0 Å². The Balaban J connectivity index is 1.49. The van der Waals surface area contributed by atoms with Gasteiger partial charge in [0.05, 0.1) is 26.1 Å². The van der Waals surface area contributed by atoms with Crippen molar-refractivity contribution in [2.24, 2.45) is 17.6 Å². The quantitative estimate of drug-likeness (QED) is 0.473. The van der Waals surface area contributed by atoms with Crippen molar-refractivity contribution in [3.63, 3.8) is 0 Å². The van der Waals surface area contributed by atoms with Gasteiger partial charge in [-0.3, -0.25) is 29.4 Å². The van der Waals surface area contributed by atoms with E-state index in [4.69, 9.17) is 26.8 Å². The maximum Gasteiger partial charge on any atom is 0.250 e. The molecular formula is C25H25ClN4O6. The summed E-state index contributed by atoms with van der Waals surface area (Å²) in [4.78, 5) is 53.7. The van der Waals surface area contributed by atoms with E-state index in [2.05, 4.69) is 10.6 Å². The molecule has 4 atom stereocenters. The number of nitrogens with one attached hydrogen (secondary N) is 2. The van der Waals surface area contributed by atoms with Crippen LogP contribution in [-0.4, -0.2) is 55.3 Å². The van der Waals surface area contributed by atoms with E-state index >= 15 is 0 Å². The molecule has 3 aliphatic rings. The molecule has 1 spiro atoms. The number of benzene rings is 2. The molecule has 11 heteroatoms. The van der Waals surface area contributed by atoms with E-state index in [0.29, 0.717) is 34.2 Å². The van der Waals surface area contributed by atoms with Gasteiger partial charge in [-0.05, 0) is 42.3 Å². The first kappa shape index (κ1) is 24.1. The van der Waals surface area contributed by atoms with Crippen molar-refractivity contribution >= 4 is 40.9 Å². The summed E-state index contributed by atoms with van der Waals surface area (Å²) in [5, 5.41) is 6.32. The number of imide groups is 1. The van der Waals surface area contributed by atoms with Crippen LogP contribution in [0.15, 0.2) is 36.4 Å². The Bertz CT molecular complexity index is 1300. The molecule has 0 aromatic heterocycles. The normalized spacial score (nSPS) is 26.2. The van der Waals surface area contributed by atoms with Gasteiger partial charge in [0, 0.05) is 35.3 Å². The molecule has 0 unspecified atom stereocenters. The molecule has 0 aliphatic carbocycles. The zero-order chi connectivity index (χ0) is 25.8. The molecule has 4 amide bonds. The molecule has 2 fully saturated rings. The zero-order valence-electron chi connectivity index (χ0n) is 19.7. The molecular weight excluding hydrogens is 488 g/mol. The maximum absolute atomic E-state index is 13.8. The van der Waals surface area contributed by atoms with Gasteiger partial charge in [0.2, 0.25) is 23.6 Å². The Morgan fingerprint density at radius 2 is 1.83 bits per heavy atom. The molecule has 0 bridgehead atoms. The smallest absolute Gasteiger partial charge is 0.250 e. The van der Waals surface area contributed by atoms with Crippen molar-refractivity contribution in [2.75, 3.05) is 26.1 Å². The van der Waals surface area contributed by atoms with Gasteiger partial charge in [0.15, 0.2) is 11.5 Å².